The zero-order chi connectivity index (χ0) is 47.9. The molecular formula is C56H53N5O9. The minimum Gasteiger partial charge on any atom is -0.491 e. The predicted molar refractivity (Wildman–Crippen MR) is 259 cm³/mol. The quantitative estimate of drug-likeness (QED) is 0.126. The molecular weight excluding hydrogens is 887 g/mol. The fourth-order valence-electron chi connectivity index (χ4n) is 11.5. The number of para-hydroxylation sites is 1. The maximum Gasteiger partial charge on any atom is 0.329 e. The number of piperazine rings is 1. The number of hydrogen-bond acceptors (Lipinski definition) is 11. The van der Waals surface area contributed by atoms with Crippen molar-refractivity contribution in [1.82, 2.24) is 20.0 Å². The lowest BCUT2D eigenvalue weighted by Crippen LogP contribution is -2.59. The molecule has 0 aromatic heterocycles. The van der Waals surface area contributed by atoms with Crippen LogP contribution in [0, 0.1) is 5.92 Å². The van der Waals surface area contributed by atoms with E-state index >= 15 is 19.2 Å². The molecule has 5 aliphatic rings. The highest BCUT2D eigenvalue weighted by atomic mass is 16.7. The van der Waals surface area contributed by atoms with Gasteiger partial charge in [0.2, 0.25) is 18.6 Å². The van der Waals surface area contributed by atoms with Crippen LogP contribution in [0.4, 0.5) is 10.5 Å². The van der Waals surface area contributed by atoms with Gasteiger partial charge in [0.25, 0.3) is 0 Å². The largest absolute Gasteiger partial charge is 0.491 e. The van der Waals surface area contributed by atoms with E-state index in [1.807, 2.05) is 151 Å². The number of morpholine rings is 1. The fourth-order valence-corrected chi connectivity index (χ4v) is 11.5. The van der Waals surface area contributed by atoms with Crippen LogP contribution >= 0.6 is 0 Å². The molecule has 3 saturated heterocycles. The zero-order valence-electron chi connectivity index (χ0n) is 38.6. The molecule has 6 aromatic carbocycles. The van der Waals surface area contributed by atoms with Crippen molar-refractivity contribution < 1.29 is 43.2 Å². The number of anilines is 1. The molecule has 5 heterocycles. The number of nitrogens with zero attached hydrogens (tertiary/aromatic N) is 4. The van der Waals surface area contributed by atoms with Gasteiger partial charge in [-0.05, 0) is 70.6 Å². The van der Waals surface area contributed by atoms with Crippen molar-refractivity contribution in [3.8, 4) is 17.2 Å². The van der Waals surface area contributed by atoms with E-state index in [-0.39, 0.29) is 20.0 Å². The van der Waals surface area contributed by atoms with Gasteiger partial charge < -0.3 is 34.3 Å². The van der Waals surface area contributed by atoms with Gasteiger partial charge in [-0.15, -0.1) is 0 Å². The number of rotatable bonds is 11. The summed E-state index contributed by atoms with van der Waals surface area (Å²) < 4.78 is 23.9. The Labute approximate surface area is 405 Å². The Hall–Kier alpha value is -7.52. The Morgan fingerprint density at radius 3 is 2.16 bits per heavy atom. The Balaban J connectivity index is 1.08. The topological polar surface area (TPSA) is 150 Å². The standard InChI is InChI=1S/C56H53N5O9/c1-36(38-14-5-2-6-15-38)57-55(66)60-44-23-12-11-22-43(44)56(54(60)65)47(52(63)59-28-26-58(27-29-59)34-37-24-25-45-46(32-37)69-35-68-45)49-53(64)70-50(40-18-9-4-10-19-40)48(39-16-7-3-8-17-39)61(49)51(56)41-20-13-21-42(33-41)67-31-30-62/h2-25,32-33,36,47-51,62H,26-31,34-35H2,1H3,(H,57,66)/t36-,47+,48+,49+,50-,51-,56+/m1/s1. The van der Waals surface area contributed by atoms with Crippen LogP contribution in [0.2, 0.25) is 0 Å². The van der Waals surface area contributed by atoms with Crippen molar-refractivity contribution in [3.63, 3.8) is 0 Å². The van der Waals surface area contributed by atoms with Crippen molar-refractivity contribution in [2.45, 2.75) is 49.2 Å². The molecule has 70 heavy (non-hydrogen) atoms. The van der Waals surface area contributed by atoms with E-state index in [1.165, 1.54) is 4.90 Å². The highest BCUT2D eigenvalue weighted by molar-refractivity contribution is 6.24. The third-order valence-electron chi connectivity index (χ3n) is 14.5. The minimum absolute atomic E-state index is 0.0116. The molecule has 14 heteroatoms. The number of nitrogens with one attached hydrogen (secondary N) is 1. The van der Waals surface area contributed by atoms with Crippen LogP contribution in [0.5, 0.6) is 17.2 Å². The van der Waals surface area contributed by atoms with Gasteiger partial charge in [0.05, 0.1) is 36.3 Å². The highest BCUT2D eigenvalue weighted by Crippen LogP contribution is 2.66. The first-order chi connectivity index (χ1) is 34.3. The monoisotopic (exact) mass is 939 g/mol. The number of hydrogen-bond donors (Lipinski definition) is 2. The molecule has 11 rings (SSSR count). The lowest BCUT2D eigenvalue weighted by molar-refractivity contribution is -0.179. The van der Waals surface area contributed by atoms with Crippen molar-refractivity contribution in [2.75, 3.05) is 51.1 Å². The Bertz CT molecular complexity index is 2920. The van der Waals surface area contributed by atoms with Gasteiger partial charge in [-0.3, -0.25) is 24.2 Å². The van der Waals surface area contributed by atoms with Gasteiger partial charge in [0.15, 0.2) is 11.5 Å². The summed E-state index contributed by atoms with van der Waals surface area (Å²) in [6.45, 7) is 4.10. The number of imide groups is 1. The minimum atomic E-state index is -1.89. The molecule has 0 aliphatic carbocycles. The molecule has 0 radical (unpaired) electrons. The third-order valence-corrected chi connectivity index (χ3v) is 14.5. The number of amides is 4. The number of carbonyl (C=O) groups excluding carboxylic acids is 4. The van der Waals surface area contributed by atoms with Crippen LogP contribution in [0.15, 0.2) is 158 Å². The summed E-state index contributed by atoms with van der Waals surface area (Å²) in [6.07, 6.45) is -0.868. The van der Waals surface area contributed by atoms with Crippen molar-refractivity contribution in [3.05, 3.63) is 191 Å². The number of esters is 1. The summed E-state index contributed by atoms with van der Waals surface area (Å²) in [5.74, 6) is -1.23. The van der Waals surface area contributed by atoms with E-state index in [4.69, 9.17) is 18.9 Å². The normalized spacial score (nSPS) is 24.2. The number of benzene rings is 6. The summed E-state index contributed by atoms with van der Waals surface area (Å²) in [7, 11) is 0. The van der Waals surface area contributed by atoms with Crippen LogP contribution in [-0.4, -0.2) is 95.8 Å². The van der Waals surface area contributed by atoms with Gasteiger partial charge >= 0.3 is 12.0 Å². The SMILES string of the molecule is C[C@@H](NC(=O)N1C(=O)[C@@]2(c3ccccc31)[C@H](C(=O)N1CCN(Cc3ccc4c(c3)OCO4)CC1)[C@H]1C(=O)O[C@H](c3ccccc3)[C@H](c3ccccc3)N1[C@@H]2c1cccc(OCCO)c1)c1ccccc1. The smallest absolute Gasteiger partial charge is 0.329 e. The summed E-state index contributed by atoms with van der Waals surface area (Å²) in [4.78, 5) is 70.6. The molecule has 0 bridgehead atoms. The number of fused-ring (bicyclic) bond motifs is 4. The van der Waals surface area contributed by atoms with Crippen molar-refractivity contribution in [1.29, 1.82) is 0 Å². The number of aliphatic hydroxyl groups excluding tert-OH is 1. The third kappa shape index (κ3) is 7.72. The van der Waals surface area contributed by atoms with Crippen LogP contribution in [0.25, 0.3) is 0 Å². The van der Waals surface area contributed by atoms with Crippen molar-refractivity contribution in [2.24, 2.45) is 5.92 Å². The molecule has 6 aromatic rings. The summed E-state index contributed by atoms with van der Waals surface area (Å²) in [6, 6.07) is 44.8. The van der Waals surface area contributed by atoms with Gasteiger partial charge in [-0.2, -0.15) is 0 Å². The first-order valence-corrected chi connectivity index (χ1v) is 23.9. The van der Waals surface area contributed by atoms with Crippen LogP contribution in [0.3, 0.4) is 0 Å². The Kier molecular flexibility index (Phi) is 12.0. The number of aliphatic hydroxyl groups is 1. The maximum atomic E-state index is 16.6. The molecule has 14 nitrogen and oxygen atoms in total. The van der Waals surface area contributed by atoms with Gasteiger partial charge in [-0.25, -0.2) is 9.69 Å². The molecule has 5 aliphatic heterocycles. The second-order valence-corrected chi connectivity index (χ2v) is 18.4. The van der Waals surface area contributed by atoms with Crippen LogP contribution in [-0.2, 0) is 31.1 Å². The average molecular weight is 940 g/mol. The summed E-state index contributed by atoms with van der Waals surface area (Å²) in [5, 5.41) is 12.9. The molecule has 2 N–H and O–H groups in total. The van der Waals surface area contributed by atoms with E-state index in [2.05, 4.69) is 10.2 Å². The first-order valence-electron chi connectivity index (χ1n) is 23.9. The Morgan fingerprint density at radius 2 is 1.41 bits per heavy atom. The first kappa shape index (κ1) is 45.0. The molecule has 0 saturated carbocycles. The number of ether oxygens (including phenoxy) is 4. The van der Waals surface area contributed by atoms with Gasteiger partial charge in [-0.1, -0.05) is 127 Å². The number of cyclic esters (lactones) is 1. The Morgan fingerprint density at radius 1 is 0.743 bits per heavy atom. The lowest BCUT2D eigenvalue weighted by Gasteiger charge is -2.46. The number of urea groups is 1. The number of carbonyl (C=O) groups is 4. The highest BCUT2D eigenvalue weighted by Gasteiger charge is 2.76. The molecule has 1 spiro atoms. The van der Waals surface area contributed by atoms with Crippen molar-refractivity contribution >= 4 is 29.5 Å². The lowest BCUT2D eigenvalue weighted by atomic mass is 9.65. The second kappa shape index (κ2) is 18.8. The zero-order valence-corrected chi connectivity index (χ0v) is 38.6. The van der Waals surface area contributed by atoms with E-state index < -0.39 is 65.4 Å². The van der Waals surface area contributed by atoms with Gasteiger partial charge in [0.1, 0.15) is 29.9 Å². The van der Waals surface area contributed by atoms with E-state index in [0.717, 1.165) is 22.3 Å². The molecule has 3 fully saturated rings. The molecule has 7 atom stereocenters. The predicted octanol–water partition coefficient (Wildman–Crippen LogP) is 7.27. The summed E-state index contributed by atoms with van der Waals surface area (Å²) >= 11 is 0. The van der Waals surface area contributed by atoms with Gasteiger partial charge in [0, 0.05) is 32.7 Å². The van der Waals surface area contributed by atoms with Crippen LogP contribution < -0.4 is 24.4 Å². The second-order valence-electron chi connectivity index (χ2n) is 18.4. The van der Waals surface area contributed by atoms with E-state index in [9.17, 15) is 5.11 Å². The summed E-state index contributed by atoms with van der Waals surface area (Å²) in [5.41, 5.74) is 2.87. The van der Waals surface area contributed by atoms with Crippen LogP contribution in [0.1, 0.15) is 64.5 Å². The average Bonchev–Trinajstić information content (AvgIpc) is 4.08. The molecule has 356 valence electrons. The molecule has 0 unspecified atom stereocenters. The molecule has 4 amide bonds. The fraction of sp³-hybridized carbons (Fsp3) is 0.286. The van der Waals surface area contributed by atoms with E-state index in [1.54, 1.807) is 23.1 Å². The maximum absolute atomic E-state index is 16.6. The van der Waals surface area contributed by atoms with E-state index in [0.29, 0.717) is 66.8 Å².